The van der Waals surface area contributed by atoms with Crippen molar-refractivity contribution in [1.82, 2.24) is 14.7 Å². The van der Waals surface area contributed by atoms with E-state index in [4.69, 9.17) is 4.74 Å². The molecule has 2 aromatic rings. The van der Waals surface area contributed by atoms with Gasteiger partial charge in [-0.1, -0.05) is 0 Å². The van der Waals surface area contributed by atoms with Crippen LogP contribution in [0.5, 0.6) is 5.75 Å². The molecule has 27 heavy (non-hydrogen) atoms. The zero-order chi connectivity index (χ0) is 19.1. The summed E-state index contributed by atoms with van der Waals surface area (Å²) in [5, 5.41) is 14.0. The lowest BCUT2D eigenvalue weighted by atomic mass is 10.0. The number of piperazine rings is 1. The largest absolute Gasteiger partial charge is 0.489 e. The Morgan fingerprint density at radius 1 is 1.26 bits per heavy atom. The molecule has 0 N–H and O–H groups in total. The molecule has 1 aliphatic carbocycles. The van der Waals surface area contributed by atoms with Gasteiger partial charge < -0.3 is 14.5 Å². The Balaban J connectivity index is 1.90. The van der Waals surface area contributed by atoms with Gasteiger partial charge >= 0.3 is 0 Å². The normalized spacial score (nSPS) is 17.8. The van der Waals surface area contributed by atoms with Crippen molar-refractivity contribution < 1.29 is 9.13 Å². The minimum Gasteiger partial charge on any atom is -0.489 e. The standard InChI is InChI=1S/C19H21BrFN5O/c1-24-5-7-26(8-6-24)15-9-16(27-12-3-4-12)13(10-22)17(18(15)21)19-14(20)11-23-25(19)2/h9,11-12H,3-8H2,1-2H3. The lowest BCUT2D eigenvalue weighted by Gasteiger charge is -2.35. The highest BCUT2D eigenvalue weighted by Gasteiger charge is 2.31. The molecule has 0 bridgehead atoms. The summed E-state index contributed by atoms with van der Waals surface area (Å²) >= 11 is 3.45. The quantitative estimate of drug-likeness (QED) is 0.740. The number of aryl methyl sites for hydroxylation is 1. The van der Waals surface area contributed by atoms with Crippen LogP contribution < -0.4 is 9.64 Å². The van der Waals surface area contributed by atoms with Gasteiger partial charge in [-0.3, -0.25) is 4.68 Å². The maximum atomic E-state index is 15.7. The second-order valence-electron chi connectivity index (χ2n) is 7.14. The van der Waals surface area contributed by atoms with E-state index in [1.165, 1.54) is 0 Å². The van der Waals surface area contributed by atoms with Gasteiger partial charge in [0, 0.05) is 39.3 Å². The summed E-state index contributed by atoms with van der Waals surface area (Å²) in [4.78, 5) is 4.25. The van der Waals surface area contributed by atoms with Gasteiger partial charge in [-0.15, -0.1) is 0 Å². The molecule has 6 nitrogen and oxygen atoms in total. The lowest BCUT2D eigenvalue weighted by Crippen LogP contribution is -2.44. The van der Waals surface area contributed by atoms with Crippen molar-refractivity contribution in [2.75, 3.05) is 38.1 Å². The molecule has 1 aliphatic heterocycles. The predicted octanol–water partition coefficient (Wildman–Crippen LogP) is 3.15. The highest BCUT2D eigenvalue weighted by Crippen LogP contribution is 2.43. The minimum absolute atomic E-state index is 0.116. The van der Waals surface area contributed by atoms with E-state index in [0.717, 1.165) is 39.0 Å². The highest BCUT2D eigenvalue weighted by molar-refractivity contribution is 9.10. The Kier molecular flexibility index (Phi) is 4.82. The Morgan fingerprint density at radius 2 is 1.96 bits per heavy atom. The third kappa shape index (κ3) is 3.42. The molecule has 2 aliphatic rings. The van der Waals surface area contributed by atoms with Crippen LogP contribution in [0.2, 0.25) is 0 Å². The fourth-order valence-electron chi connectivity index (χ4n) is 3.38. The van der Waals surface area contributed by atoms with Crippen molar-refractivity contribution >= 4 is 21.6 Å². The minimum atomic E-state index is -0.399. The van der Waals surface area contributed by atoms with Crippen molar-refractivity contribution in [1.29, 1.82) is 5.26 Å². The summed E-state index contributed by atoms with van der Waals surface area (Å²) in [6, 6.07) is 3.86. The van der Waals surface area contributed by atoms with Crippen LogP contribution in [-0.2, 0) is 7.05 Å². The topological polar surface area (TPSA) is 57.3 Å². The number of likely N-dealkylation sites (N-methyl/N-ethyl adjacent to an activating group) is 1. The second-order valence-corrected chi connectivity index (χ2v) is 8.00. The first-order valence-electron chi connectivity index (χ1n) is 9.04. The number of ether oxygens (including phenoxy) is 1. The molecule has 2 heterocycles. The first-order valence-corrected chi connectivity index (χ1v) is 9.83. The third-order valence-corrected chi connectivity index (χ3v) is 5.69. The van der Waals surface area contributed by atoms with E-state index >= 15 is 4.39 Å². The summed E-state index contributed by atoms with van der Waals surface area (Å²) in [5.41, 5.74) is 1.50. The van der Waals surface area contributed by atoms with Crippen LogP contribution in [-0.4, -0.2) is 54.0 Å². The summed E-state index contributed by atoms with van der Waals surface area (Å²) in [6.07, 6.45) is 3.67. The first kappa shape index (κ1) is 18.3. The number of nitrogens with zero attached hydrogens (tertiary/aromatic N) is 5. The molecule has 8 heteroatoms. The average molecular weight is 434 g/mol. The molecule has 1 aromatic heterocycles. The van der Waals surface area contributed by atoms with Gasteiger partial charge in [0.2, 0.25) is 0 Å². The molecule has 0 amide bonds. The number of aromatic nitrogens is 2. The zero-order valence-corrected chi connectivity index (χ0v) is 17.0. The van der Waals surface area contributed by atoms with E-state index in [2.05, 4.69) is 39.0 Å². The molecule has 0 unspecified atom stereocenters. The number of anilines is 1. The molecule has 4 rings (SSSR count). The number of rotatable bonds is 4. The molecule has 142 valence electrons. The summed E-state index contributed by atoms with van der Waals surface area (Å²) in [7, 11) is 3.80. The molecule has 1 saturated heterocycles. The van der Waals surface area contributed by atoms with E-state index in [1.807, 2.05) is 4.90 Å². The SMILES string of the molecule is CN1CCN(c2cc(OC3CC3)c(C#N)c(-c3c(Br)cnn3C)c2F)CC1. The molecule has 2 fully saturated rings. The Bertz CT molecular complexity index is 890. The van der Waals surface area contributed by atoms with Crippen LogP contribution >= 0.6 is 15.9 Å². The van der Waals surface area contributed by atoms with Crippen LogP contribution in [0.25, 0.3) is 11.3 Å². The number of hydrogen-bond acceptors (Lipinski definition) is 5. The first-order chi connectivity index (χ1) is 13.0. The molecular weight excluding hydrogens is 413 g/mol. The fraction of sp³-hybridized carbons (Fsp3) is 0.474. The van der Waals surface area contributed by atoms with E-state index in [9.17, 15) is 5.26 Å². The van der Waals surface area contributed by atoms with Gasteiger partial charge in [0.25, 0.3) is 0 Å². The van der Waals surface area contributed by atoms with Crippen molar-refractivity contribution in [2.24, 2.45) is 7.05 Å². The molecule has 0 spiro atoms. The predicted molar refractivity (Wildman–Crippen MR) is 104 cm³/mol. The molecular formula is C19H21BrFN5O. The van der Waals surface area contributed by atoms with Crippen LogP contribution in [0, 0.1) is 17.1 Å². The smallest absolute Gasteiger partial charge is 0.157 e. The maximum Gasteiger partial charge on any atom is 0.157 e. The summed E-state index contributed by atoms with van der Waals surface area (Å²) in [6.45, 7) is 3.19. The average Bonchev–Trinajstić information content (AvgIpc) is 3.41. The van der Waals surface area contributed by atoms with Crippen molar-refractivity contribution in [3.8, 4) is 23.1 Å². The van der Waals surface area contributed by atoms with Crippen molar-refractivity contribution in [3.63, 3.8) is 0 Å². The van der Waals surface area contributed by atoms with E-state index in [0.29, 0.717) is 21.6 Å². The Morgan fingerprint density at radius 3 is 2.52 bits per heavy atom. The monoisotopic (exact) mass is 433 g/mol. The lowest BCUT2D eigenvalue weighted by molar-refractivity contribution is 0.300. The molecule has 1 aromatic carbocycles. The van der Waals surface area contributed by atoms with Crippen LogP contribution in [0.1, 0.15) is 18.4 Å². The van der Waals surface area contributed by atoms with Crippen LogP contribution in [0.3, 0.4) is 0 Å². The maximum absolute atomic E-state index is 15.7. The van der Waals surface area contributed by atoms with Gasteiger partial charge in [0.15, 0.2) is 5.82 Å². The molecule has 1 saturated carbocycles. The van der Waals surface area contributed by atoms with Gasteiger partial charge in [0.05, 0.1) is 33.7 Å². The Hall–Kier alpha value is -2.11. The number of benzene rings is 1. The van der Waals surface area contributed by atoms with Crippen molar-refractivity contribution in [3.05, 3.63) is 28.1 Å². The number of halogens is 2. The van der Waals surface area contributed by atoms with E-state index in [1.54, 1.807) is 24.0 Å². The van der Waals surface area contributed by atoms with Crippen LogP contribution in [0.4, 0.5) is 10.1 Å². The van der Waals surface area contributed by atoms with Crippen LogP contribution in [0.15, 0.2) is 16.7 Å². The highest BCUT2D eigenvalue weighted by atomic mass is 79.9. The number of nitriles is 1. The summed E-state index contributed by atoms with van der Waals surface area (Å²) in [5.74, 6) is 0.0574. The van der Waals surface area contributed by atoms with E-state index in [-0.39, 0.29) is 17.2 Å². The summed E-state index contributed by atoms with van der Waals surface area (Å²) < 4.78 is 24.0. The third-order valence-electron chi connectivity index (χ3n) is 5.11. The second kappa shape index (κ2) is 7.13. The van der Waals surface area contributed by atoms with Gasteiger partial charge in [-0.2, -0.15) is 10.4 Å². The fourth-order valence-corrected chi connectivity index (χ4v) is 3.93. The zero-order valence-electron chi connectivity index (χ0n) is 15.4. The Labute approximate surface area is 166 Å². The van der Waals surface area contributed by atoms with Gasteiger partial charge in [-0.25, -0.2) is 4.39 Å². The molecule has 0 radical (unpaired) electrons. The van der Waals surface area contributed by atoms with Crippen molar-refractivity contribution in [2.45, 2.75) is 18.9 Å². The van der Waals surface area contributed by atoms with Gasteiger partial charge in [-0.05, 0) is 35.8 Å². The van der Waals surface area contributed by atoms with Gasteiger partial charge in [0.1, 0.15) is 17.4 Å². The number of hydrogen-bond donors (Lipinski definition) is 0. The van der Waals surface area contributed by atoms with E-state index < -0.39 is 5.82 Å². The molecule has 0 atom stereocenters.